The molecule has 5 rings (SSSR count). The Hall–Kier alpha value is -5.20. The van der Waals surface area contributed by atoms with Crippen LogP contribution in [0.1, 0.15) is 41.9 Å². The summed E-state index contributed by atoms with van der Waals surface area (Å²) in [5.41, 5.74) is 8.27. The Bertz CT molecular complexity index is 1490. The van der Waals surface area contributed by atoms with Gasteiger partial charge in [0.25, 0.3) is 11.9 Å². The number of aromatic amines is 1. The number of nitrogens with zero attached hydrogens (tertiary/aromatic N) is 4. The lowest BCUT2D eigenvalue weighted by molar-refractivity contribution is -0.134. The fourth-order valence-electron chi connectivity index (χ4n) is 4.02. The van der Waals surface area contributed by atoms with Crippen LogP contribution >= 0.6 is 0 Å². The Balaban J connectivity index is 0.000000826. The molecule has 3 heterocycles. The van der Waals surface area contributed by atoms with E-state index in [1.807, 2.05) is 24.3 Å². The normalized spacial score (nSPS) is 12.7. The number of anilines is 1. The highest BCUT2D eigenvalue weighted by Gasteiger charge is 2.25. The molecule has 1 aliphatic heterocycles. The second-order valence-electron chi connectivity index (χ2n) is 8.52. The Kier molecular flexibility index (Phi) is 8.19. The van der Waals surface area contributed by atoms with E-state index in [2.05, 4.69) is 25.4 Å². The topological polar surface area (TPSA) is 194 Å². The number of carboxylic acid groups (broad SMARTS) is 1. The van der Waals surface area contributed by atoms with Crippen molar-refractivity contribution in [1.82, 2.24) is 24.7 Å². The minimum atomic E-state index is -0.833. The number of carbonyl (C=O) groups is 1. The summed E-state index contributed by atoms with van der Waals surface area (Å²) in [4.78, 5) is 32.8. The number of nitrogens with one attached hydrogen (secondary N) is 3. The Morgan fingerprint density at radius 1 is 1.26 bits per heavy atom. The smallest absolute Gasteiger partial charge is 0.350 e. The summed E-state index contributed by atoms with van der Waals surface area (Å²) in [6.07, 6.45) is 4.87. The molecule has 202 valence electrons. The Labute approximate surface area is 223 Å². The first kappa shape index (κ1) is 26.9. The maximum atomic E-state index is 12.8. The number of ether oxygens (including phenoxy) is 2. The van der Waals surface area contributed by atoms with Gasteiger partial charge in [-0.2, -0.15) is 0 Å². The third kappa shape index (κ3) is 6.39. The van der Waals surface area contributed by atoms with Crippen molar-refractivity contribution in [3.63, 3.8) is 0 Å². The summed E-state index contributed by atoms with van der Waals surface area (Å²) in [5, 5.41) is 23.0. The van der Waals surface area contributed by atoms with Crippen molar-refractivity contribution >= 4 is 17.5 Å². The molecule has 0 bridgehead atoms. The Morgan fingerprint density at radius 3 is 2.59 bits per heavy atom. The van der Waals surface area contributed by atoms with Gasteiger partial charge >= 0.3 is 5.69 Å². The predicted octanol–water partition coefficient (Wildman–Crippen LogP) is 2.26. The summed E-state index contributed by atoms with van der Waals surface area (Å²) in [6.45, 7) is 1.71. The lowest BCUT2D eigenvalue weighted by Crippen LogP contribution is -2.18. The number of aliphatic carboxylic acids is 1. The molecule has 0 unspecified atom stereocenters. The van der Waals surface area contributed by atoms with Crippen LogP contribution in [-0.4, -0.2) is 55.4 Å². The van der Waals surface area contributed by atoms with Crippen molar-refractivity contribution in [1.29, 1.82) is 5.41 Å². The average Bonchev–Trinajstić information content (AvgIpc) is 3.32. The second-order valence-corrected chi connectivity index (χ2v) is 8.52. The number of rotatable bonds is 7. The van der Waals surface area contributed by atoms with Crippen molar-refractivity contribution in [2.24, 2.45) is 5.73 Å². The van der Waals surface area contributed by atoms with Gasteiger partial charge in [0, 0.05) is 36.1 Å². The number of hydrogen-bond acceptors (Lipinski definition) is 9. The molecule has 0 radical (unpaired) electrons. The van der Waals surface area contributed by atoms with Gasteiger partial charge in [-0.1, -0.05) is 0 Å². The summed E-state index contributed by atoms with van der Waals surface area (Å²) < 4.78 is 12.7. The number of nitrogen functional groups attached to an aromatic ring is 1. The van der Waals surface area contributed by atoms with E-state index in [9.17, 15) is 4.79 Å². The number of benzene rings is 2. The van der Waals surface area contributed by atoms with Crippen molar-refractivity contribution < 1.29 is 19.4 Å². The number of carboxylic acids is 1. The zero-order valence-corrected chi connectivity index (χ0v) is 21.3. The van der Waals surface area contributed by atoms with Gasteiger partial charge in [0.15, 0.2) is 5.82 Å². The highest BCUT2D eigenvalue weighted by molar-refractivity contribution is 5.95. The number of amidine groups is 1. The van der Waals surface area contributed by atoms with Gasteiger partial charge in [-0.15, -0.1) is 9.78 Å². The molecule has 13 heteroatoms. The van der Waals surface area contributed by atoms with Gasteiger partial charge in [0.05, 0.1) is 13.7 Å². The van der Waals surface area contributed by atoms with E-state index in [1.54, 1.807) is 37.7 Å². The highest BCUT2D eigenvalue weighted by atomic mass is 16.5. The van der Waals surface area contributed by atoms with Crippen molar-refractivity contribution in [3.8, 4) is 17.4 Å². The fourth-order valence-corrected chi connectivity index (χ4v) is 4.02. The molecule has 0 fully saturated rings. The van der Waals surface area contributed by atoms with Crippen LogP contribution in [0.3, 0.4) is 0 Å². The third-order valence-corrected chi connectivity index (χ3v) is 5.73. The van der Waals surface area contributed by atoms with E-state index in [0.717, 1.165) is 47.0 Å². The zero-order chi connectivity index (χ0) is 27.9. The van der Waals surface area contributed by atoms with Gasteiger partial charge in [-0.05, 0) is 60.9 Å². The molecule has 0 saturated heterocycles. The maximum absolute atomic E-state index is 12.8. The quantitative estimate of drug-likeness (QED) is 0.174. The predicted molar refractivity (Wildman–Crippen MR) is 143 cm³/mol. The Morgan fingerprint density at radius 2 is 1.95 bits per heavy atom. The van der Waals surface area contributed by atoms with E-state index in [1.165, 1.54) is 0 Å². The van der Waals surface area contributed by atoms with Crippen LogP contribution in [0.25, 0.3) is 5.95 Å². The number of H-pyrrole nitrogens is 1. The van der Waals surface area contributed by atoms with E-state index in [4.69, 9.17) is 30.5 Å². The lowest BCUT2D eigenvalue weighted by atomic mass is 9.98. The van der Waals surface area contributed by atoms with E-state index >= 15 is 0 Å². The van der Waals surface area contributed by atoms with Gasteiger partial charge in [0.1, 0.15) is 23.4 Å². The molecule has 4 aromatic rings. The van der Waals surface area contributed by atoms with Crippen LogP contribution in [0, 0.1) is 5.41 Å². The third-order valence-electron chi connectivity index (χ3n) is 5.73. The summed E-state index contributed by atoms with van der Waals surface area (Å²) in [6, 6.07) is 12.1. The number of methoxy groups -OCH3 is 1. The highest BCUT2D eigenvalue weighted by Crippen LogP contribution is 2.38. The number of aromatic nitrogens is 5. The monoisotopic (exact) mass is 532 g/mol. The first-order chi connectivity index (χ1) is 18.8. The zero-order valence-electron chi connectivity index (χ0n) is 21.3. The maximum Gasteiger partial charge on any atom is 0.350 e. The molecular formula is C26H28N8O5. The van der Waals surface area contributed by atoms with Crippen LogP contribution in [0.15, 0.2) is 59.7 Å². The van der Waals surface area contributed by atoms with Crippen LogP contribution in [-0.2, 0) is 11.2 Å². The van der Waals surface area contributed by atoms with Crippen molar-refractivity contribution in [2.45, 2.75) is 25.8 Å². The lowest BCUT2D eigenvalue weighted by Gasteiger charge is -2.24. The molecule has 6 N–H and O–H groups in total. The molecule has 0 aliphatic carbocycles. The minimum Gasteiger partial charge on any atom is -0.496 e. The van der Waals surface area contributed by atoms with Crippen molar-refractivity contribution in [3.05, 3.63) is 87.9 Å². The average molecular weight is 533 g/mol. The second kappa shape index (κ2) is 11.9. The van der Waals surface area contributed by atoms with E-state index in [0.29, 0.717) is 23.7 Å². The summed E-state index contributed by atoms with van der Waals surface area (Å²) in [7, 11) is 1.63. The molecule has 2 aromatic carbocycles. The molecule has 1 aliphatic rings. The first-order valence-electron chi connectivity index (χ1n) is 12.0. The van der Waals surface area contributed by atoms with Gasteiger partial charge in [0.2, 0.25) is 0 Å². The summed E-state index contributed by atoms with van der Waals surface area (Å²) >= 11 is 0. The fraction of sp³-hybridized carbons (Fsp3) is 0.231. The summed E-state index contributed by atoms with van der Waals surface area (Å²) in [5.74, 6) is 1.13. The first-order valence-corrected chi connectivity index (χ1v) is 12.0. The molecule has 13 nitrogen and oxygen atoms in total. The minimum absolute atomic E-state index is 0.0180. The molecule has 39 heavy (non-hydrogen) atoms. The van der Waals surface area contributed by atoms with Gasteiger partial charge in [-0.25, -0.2) is 14.8 Å². The van der Waals surface area contributed by atoms with E-state index in [-0.39, 0.29) is 11.8 Å². The molecular weight excluding hydrogens is 504 g/mol. The van der Waals surface area contributed by atoms with Crippen molar-refractivity contribution in [2.75, 3.05) is 19.0 Å². The molecule has 2 aromatic heterocycles. The van der Waals surface area contributed by atoms with Crippen LogP contribution in [0.2, 0.25) is 0 Å². The van der Waals surface area contributed by atoms with E-state index < -0.39 is 17.7 Å². The number of hydrogen-bond donors (Lipinski definition) is 5. The van der Waals surface area contributed by atoms with Crippen LogP contribution in [0.5, 0.6) is 11.5 Å². The SMILES string of the molecule is CC(=O)O.COc1cc([C@H](Nc2ccc(C(=N)N)cc2)c2nn(-c3ncccn3)c(=O)[nH]2)cc2c1CCCO2. The van der Waals surface area contributed by atoms with Crippen LogP contribution < -0.4 is 26.2 Å². The van der Waals surface area contributed by atoms with Gasteiger partial charge < -0.3 is 25.6 Å². The largest absolute Gasteiger partial charge is 0.496 e. The standard InChI is InChI=1S/C24H24N8O3.C2H4O2/c1-34-18-12-15(13-19-17(18)4-2-11-35-19)20(29-16-7-5-14(6-8-16)21(25)26)22-30-24(33)32(31-22)23-27-9-3-10-28-23;1-2(3)4/h3,5-10,12-13,20,29H,2,4,11H2,1H3,(H3,25,26)(H,30,31,33);1H3,(H,3,4)/t20-;/m0./s1. The number of fused-ring (bicyclic) bond motifs is 1. The van der Waals surface area contributed by atoms with Gasteiger partial charge in [-0.3, -0.25) is 15.2 Å². The molecule has 0 amide bonds. The molecule has 0 spiro atoms. The number of nitrogens with two attached hydrogens (primary N) is 1. The molecule has 1 atom stereocenters. The molecule has 0 saturated carbocycles. The van der Waals surface area contributed by atoms with Crippen LogP contribution in [0.4, 0.5) is 5.69 Å².